The molecule has 1 N–H and O–H groups in total. The van der Waals surface area contributed by atoms with E-state index >= 15 is 0 Å². The predicted octanol–water partition coefficient (Wildman–Crippen LogP) is 2.00. The fourth-order valence-electron chi connectivity index (χ4n) is 4.63. The van der Waals surface area contributed by atoms with Crippen molar-refractivity contribution in [3.8, 4) is 0 Å². The van der Waals surface area contributed by atoms with Gasteiger partial charge in [0.1, 0.15) is 0 Å². The summed E-state index contributed by atoms with van der Waals surface area (Å²) in [6, 6.07) is 4.74. The van der Waals surface area contributed by atoms with Gasteiger partial charge in [-0.3, -0.25) is 9.58 Å². The third-order valence-corrected chi connectivity index (χ3v) is 9.24. The summed E-state index contributed by atoms with van der Waals surface area (Å²) in [4.78, 5) is 6.39. The third kappa shape index (κ3) is 4.80. The molecule has 0 saturated carbocycles. The second-order valence-electron chi connectivity index (χ2n) is 8.65. The molecule has 0 amide bonds. The first-order chi connectivity index (χ1) is 14.3. The molecule has 0 radical (unpaired) electrons. The van der Waals surface area contributed by atoms with E-state index in [1.807, 2.05) is 22.9 Å². The van der Waals surface area contributed by atoms with E-state index in [1.165, 1.54) is 10.4 Å². The van der Waals surface area contributed by atoms with E-state index in [2.05, 4.69) is 46.6 Å². The molecular formula is C21H33N5O2S2. The lowest BCUT2D eigenvalue weighted by Gasteiger charge is -2.37. The highest BCUT2D eigenvalue weighted by molar-refractivity contribution is 7.91. The monoisotopic (exact) mass is 451 g/mol. The van der Waals surface area contributed by atoms with Crippen molar-refractivity contribution in [1.82, 2.24) is 24.9 Å². The molecule has 0 spiro atoms. The summed E-state index contributed by atoms with van der Waals surface area (Å²) >= 11 is 1.83. The zero-order chi connectivity index (χ0) is 21.3. The van der Waals surface area contributed by atoms with Crippen LogP contribution >= 0.6 is 11.3 Å². The maximum atomic E-state index is 11.9. The van der Waals surface area contributed by atoms with Crippen LogP contribution in [0.1, 0.15) is 40.3 Å². The fraction of sp³-hybridized carbons (Fsp3) is 0.667. The summed E-state index contributed by atoms with van der Waals surface area (Å²) in [6.45, 7) is 10.1. The van der Waals surface area contributed by atoms with E-state index in [0.29, 0.717) is 12.5 Å². The summed E-state index contributed by atoms with van der Waals surface area (Å²) in [5, 5.41) is 10.5. The second-order valence-corrected chi connectivity index (χ2v) is 11.9. The number of thiophene rings is 1. The zero-order valence-corrected chi connectivity index (χ0v) is 19.8. The summed E-state index contributed by atoms with van der Waals surface area (Å²) in [5.74, 6) is 0.489. The predicted molar refractivity (Wildman–Crippen MR) is 122 cm³/mol. The quantitative estimate of drug-likeness (QED) is 0.694. The van der Waals surface area contributed by atoms with Crippen molar-refractivity contribution in [2.45, 2.75) is 38.9 Å². The van der Waals surface area contributed by atoms with Gasteiger partial charge in [-0.05, 0) is 38.8 Å². The van der Waals surface area contributed by atoms with Crippen LogP contribution in [-0.2, 0) is 16.4 Å². The third-order valence-electron chi connectivity index (χ3n) is 6.52. The number of sulfone groups is 1. The van der Waals surface area contributed by atoms with Gasteiger partial charge in [0.25, 0.3) is 0 Å². The SMILES string of the molecule is Cc1nn(C2CCS(=O)(=O)C2)c(C)c1CNCC(c1cccs1)N1CCN(C)CC1. The zero-order valence-electron chi connectivity index (χ0n) is 18.2. The lowest BCUT2D eigenvalue weighted by atomic mass is 10.1. The van der Waals surface area contributed by atoms with E-state index in [4.69, 9.17) is 5.10 Å². The average molecular weight is 452 g/mol. The van der Waals surface area contributed by atoms with E-state index in [1.54, 1.807) is 0 Å². The molecule has 0 aromatic carbocycles. The molecule has 4 rings (SSSR count). The number of hydrogen-bond acceptors (Lipinski definition) is 7. The van der Waals surface area contributed by atoms with Gasteiger partial charge in [-0.15, -0.1) is 11.3 Å². The van der Waals surface area contributed by atoms with Crippen molar-refractivity contribution in [2.24, 2.45) is 0 Å². The Labute approximate surface area is 184 Å². The van der Waals surface area contributed by atoms with Gasteiger partial charge in [-0.2, -0.15) is 5.10 Å². The number of likely N-dealkylation sites (N-methyl/N-ethyl adjacent to an activating group) is 1. The van der Waals surface area contributed by atoms with Gasteiger partial charge in [0.05, 0.1) is 29.3 Å². The normalized spacial score (nSPS) is 23.8. The number of nitrogens with one attached hydrogen (secondary N) is 1. The first-order valence-electron chi connectivity index (χ1n) is 10.8. The van der Waals surface area contributed by atoms with Gasteiger partial charge in [0, 0.05) is 55.4 Å². The van der Waals surface area contributed by atoms with Crippen molar-refractivity contribution >= 4 is 21.2 Å². The number of hydrogen-bond donors (Lipinski definition) is 1. The fourth-order valence-corrected chi connectivity index (χ4v) is 7.19. The van der Waals surface area contributed by atoms with Gasteiger partial charge < -0.3 is 10.2 Å². The number of aromatic nitrogens is 2. The Balaban J connectivity index is 1.42. The van der Waals surface area contributed by atoms with E-state index < -0.39 is 9.84 Å². The Morgan fingerprint density at radius 2 is 2.03 bits per heavy atom. The van der Waals surface area contributed by atoms with Crippen LogP contribution in [0.2, 0.25) is 0 Å². The maximum Gasteiger partial charge on any atom is 0.152 e. The first kappa shape index (κ1) is 22.0. The molecule has 2 aromatic heterocycles. The average Bonchev–Trinajstić information content (AvgIpc) is 3.41. The van der Waals surface area contributed by atoms with Crippen molar-refractivity contribution < 1.29 is 8.42 Å². The van der Waals surface area contributed by atoms with Gasteiger partial charge in [0.2, 0.25) is 0 Å². The van der Waals surface area contributed by atoms with Crippen LogP contribution in [0.5, 0.6) is 0 Å². The Morgan fingerprint density at radius 1 is 1.27 bits per heavy atom. The van der Waals surface area contributed by atoms with Crippen LogP contribution in [0, 0.1) is 13.8 Å². The highest BCUT2D eigenvalue weighted by atomic mass is 32.2. The van der Waals surface area contributed by atoms with Crippen molar-refractivity contribution in [2.75, 3.05) is 51.3 Å². The molecule has 2 atom stereocenters. The van der Waals surface area contributed by atoms with Crippen LogP contribution in [0.3, 0.4) is 0 Å². The topological polar surface area (TPSA) is 70.5 Å². The number of aryl methyl sites for hydroxylation is 1. The molecule has 2 saturated heterocycles. The highest BCUT2D eigenvalue weighted by Gasteiger charge is 2.31. The smallest absolute Gasteiger partial charge is 0.152 e. The highest BCUT2D eigenvalue weighted by Crippen LogP contribution is 2.28. The minimum atomic E-state index is -2.92. The molecule has 30 heavy (non-hydrogen) atoms. The molecule has 2 aliphatic heterocycles. The molecule has 4 heterocycles. The van der Waals surface area contributed by atoms with E-state index in [-0.39, 0.29) is 17.5 Å². The van der Waals surface area contributed by atoms with Crippen LogP contribution in [0.25, 0.3) is 0 Å². The summed E-state index contributed by atoms with van der Waals surface area (Å²) in [6.07, 6.45) is 0.668. The largest absolute Gasteiger partial charge is 0.311 e. The van der Waals surface area contributed by atoms with Gasteiger partial charge in [0.15, 0.2) is 9.84 Å². The van der Waals surface area contributed by atoms with Crippen LogP contribution in [-0.4, -0.2) is 79.3 Å². The Morgan fingerprint density at radius 3 is 2.67 bits per heavy atom. The van der Waals surface area contributed by atoms with Gasteiger partial charge >= 0.3 is 0 Å². The van der Waals surface area contributed by atoms with E-state index in [0.717, 1.165) is 50.7 Å². The van der Waals surface area contributed by atoms with E-state index in [9.17, 15) is 8.42 Å². The molecule has 2 fully saturated rings. The van der Waals surface area contributed by atoms with Crippen LogP contribution in [0.15, 0.2) is 17.5 Å². The minimum absolute atomic E-state index is 0.0216. The van der Waals surface area contributed by atoms with Crippen LogP contribution < -0.4 is 5.32 Å². The number of rotatable bonds is 7. The Bertz CT molecular complexity index is 946. The van der Waals surface area contributed by atoms with Crippen molar-refractivity contribution in [3.63, 3.8) is 0 Å². The number of piperazine rings is 1. The summed E-state index contributed by atoms with van der Waals surface area (Å²) in [5.41, 5.74) is 3.29. The summed E-state index contributed by atoms with van der Waals surface area (Å²) < 4.78 is 25.7. The van der Waals surface area contributed by atoms with Gasteiger partial charge in [-0.1, -0.05) is 6.07 Å². The molecule has 2 aliphatic rings. The molecule has 0 bridgehead atoms. The lowest BCUT2D eigenvalue weighted by molar-refractivity contribution is 0.111. The van der Waals surface area contributed by atoms with Crippen molar-refractivity contribution in [3.05, 3.63) is 39.3 Å². The Hall–Kier alpha value is -1.26. The van der Waals surface area contributed by atoms with Crippen molar-refractivity contribution in [1.29, 1.82) is 0 Å². The minimum Gasteiger partial charge on any atom is -0.311 e. The molecular weight excluding hydrogens is 418 g/mol. The number of nitrogens with zero attached hydrogens (tertiary/aromatic N) is 4. The standard InChI is InChI=1S/C21H33N5O2S2/c1-16-19(17(2)26(23-16)18-6-12-30(27,28)15-18)13-22-14-20(21-5-4-11-29-21)25-9-7-24(3)8-10-25/h4-5,11,18,20,22H,6-10,12-15H2,1-3H3. The molecule has 2 aromatic rings. The molecule has 166 valence electrons. The van der Waals surface area contributed by atoms with Gasteiger partial charge in [-0.25, -0.2) is 8.42 Å². The van der Waals surface area contributed by atoms with Crippen LogP contribution in [0.4, 0.5) is 0 Å². The second kappa shape index (κ2) is 9.08. The molecule has 0 aliphatic carbocycles. The molecule has 2 unspecified atom stereocenters. The maximum absolute atomic E-state index is 11.9. The first-order valence-corrected chi connectivity index (χ1v) is 13.5. The summed E-state index contributed by atoms with van der Waals surface area (Å²) in [7, 11) is -0.729. The molecule has 9 heteroatoms. The molecule has 7 nitrogen and oxygen atoms in total. The lowest BCUT2D eigenvalue weighted by Crippen LogP contribution is -2.47. The Kier molecular flexibility index (Phi) is 6.64.